The molecule has 0 spiro atoms. The predicted molar refractivity (Wildman–Crippen MR) is 74.4 cm³/mol. The first-order valence-corrected chi connectivity index (χ1v) is 7.08. The fourth-order valence-electron chi connectivity index (χ4n) is 2.44. The molecule has 1 fully saturated rings. The number of benzene rings is 1. The van der Waals surface area contributed by atoms with Gasteiger partial charge in [0.2, 0.25) is 0 Å². The number of imidazole rings is 1. The number of nitrogens with zero attached hydrogens (tertiary/aromatic N) is 2. The summed E-state index contributed by atoms with van der Waals surface area (Å²) in [6.07, 6.45) is 1.20. The first-order chi connectivity index (χ1) is 8.03. The number of halogens is 2. The third-order valence-corrected chi connectivity index (χ3v) is 4.35. The highest BCUT2D eigenvalue weighted by Crippen LogP contribution is 2.56. The summed E-state index contributed by atoms with van der Waals surface area (Å²) in [5.41, 5.74) is 2.59. The minimum atomic E-state index is 0.372. The number of hydrogen-bond donors (Lipinski definition) is 0. The summed E-state index contributed by atoms with van der Waals surface area (Å²) in [6.45, 7) is 4.58. The van der Waals surface area contributed by atoms with Gasteiger partial charge in [0.15, 0.2) is 0 Å². The van der Waals surface area contributed by atoms with E-state index in [-0.39, 0.29) is 0 Å². The Morgan fingerprint density at radius 3 is 2.82 bits per heavy atom. The number of rotatable bonds is 2. The van der Waals surface area contributed by atoms with Crippen LogP contribution in [0.1, 0.15) is 32.1 Å². The van der Waals surface area contributed by atoms with Crippen molar-refractivity contribution in [2.45, 2.75) is 32.2 Å². The van der Waals surface area contributed by atoms with Crippen LogP contribution in [0.4, 0.5) is 0 Å². The van der Waals surface area contributed by atoms with Crippen LogP contribution in [0.25, 0.3) is 11.0 Å². The minimum Gasteiger partial charge on any atom is -0.323 e. The molecule has 1 unspecified atom stereocenters. The molecule has 90 valence electrons. The summed E-state index contributed by atoms with van der Waals surface area (Å²) < 4.78 is 3.40. The average Bonchev–Trinajstić information content (AvgIpc) is 2.75. The molecule has 1 heterocycles. The van der Waals surface area contributed by atoms with Crippen molar-refractivity contribution in [3.63, 3.8) is 0 Å². The Hall–Kier alpha value is -0.540. The van der Waals surface area contributed by atoms with Crippen LogP contribution >= 0.6 is 27.5 Å². The molecule has 1 aliphatic carbocycles. The van der Waals surface area contributed by atoms with E-state index >= 15 is 0 Å². The molecule has 0 bridgehead atoms. The Labute approximate surface area is 114 Å². The highest BCUT2D eigenvalue weighted by molar-refractivity contribution is 9.10. The molecule has 1 aliphatic rings. The van der Waals surface area contributed by atoms with Crippen LogP contribution in [-0.4, -0.2) is 9.55 Å². The van der Waals surface area contributed by atoms with Gasteiger partial charge in [0.1, 0.15) is 5.82 Å². The third-order valence-electron chi connectivity index (χ3n) is 3.62. The molecule has 1 aromatic carbocycles. The van der Waals surface area contributed by atoms with E-state index in [9.17, 15) is 0 Å². The van der Waals surface area contributed by atoms with Gasteiger partial charge in [-0.05, 0) is 30.0 Å². The van der Waals surface area contributed by atoms with Crippen molar-refractivity contribution in [2.24, 2.45) is 5.41 Å². The van der Waals surface area contributed by atoms with Crippen LogP contribution in [-0.2, 0) is 5.88 Å². The maximum absolute atomic E-state index is 6.01. The Morgan fingerprint density at radius 1 is 1.53 bits per heavy atom. The second-order valence-corrected chi connectivity index (χ2v) is 6.56. The normalized spacial score (nSPS) is 22.0. The van der Waals surface area contributed by atoms with E-state index in [0.29, 0.717) is 17.3 Å². The van der Waals surface area contributed by atoms with Crippen molar-refractivity contribution in [1.82, 2.24) is 9.55 Å². The molecule has 4 heteroatoms. The van der Waals surface area contributed by atoms with Gasteiger partial charge in [-0.2, -0.15) is 0 Å². The van der Waals surface area contributed by atoms with Gasteiger partial charge in [0, 0.05) is 10.5 Å². The van der Waals surface area contributed by atoms with Crippen LogP contribution in [0, 0.1) is 5.41 Å². The largest absolute Gasteiger partial charge is 0.323 e. The van der Waals surface area contributed by atoms with Crippen LogP contribution in [0.5, 0.6) is 0 Å². The molecule has 1 aromatic heterocycles. The molecule has 2 nitrogen and oxygen atoms in total. The lowest BCUT2D eigenvalue weighted by atomic mass is 10.2. The Bertz CT molecular complexity index is 588. The van der Waals surface area contributed by atoms with Crippen LogP contribution < -0.4 is 0 Å². The molecule has 0 amide bonds. The number of aromatic nitrogens is 2. The Balaban J connectivity index is 2.23. The topological polar surface area (TPSA) is 17.8 Å². The number of alkyl halides is 1. The van der Waals surface area contributed by atoms with Crippen molar-refractivity contribution in [3.8, 4) is 0 Å². The van der Waals surface area contributed by atoms with E-state index in [4.69, 9.17) is 11.6 Å². The van der Waals surface area contributed by atoms with Gasteiger partial charge in [-0.3, -0.25) is 0 Å². The quantitative estimate of drug-likeness (QED) is 0.746. The zero-order valence-corrected chi connectivity index (χ0v) is 12.2. The van der Waals surface area contributed by atoms with Gasteiger partial charge in [0.05, 0.1) is 16.9 Å². The van der Waals surface area contributed by atoms with Gasteiger partial charge in [-0.1, -0.05) is 29.8 Å². The van der Waals surface area contributed by atoms with Gasteiger partial charge in [-0.25, -0.2) is 4.98 Å². The van der Waals surface area contributed by atoms with Crippen LogP contribution in [0.2, 0.25) is 0 Å². The summed E-state index contributed by atoms with van der Waals surface area (Å²) in [4.78, 5) is 4.61. The van der Waals surface area contributed by atoms with Gasteiger partial charge in [-0.15, -0.1) is 11.6 Å². The SMILES string of the molecule is CC1(C)CC1n1c(CCl)nc2ccc(Br)cc21. The molecule has 0 aliphatic heterocycles. The highest BCUT2D eigenvalue weighted by atomic mass is 79.9. The lowest BCUT2D eigenvalue weighted by Gasteiger charge is -2.09. The number of fused-ring (bicyclic) bond motifs is 1. The first kappa shape index (κ1) is 11.5. The van der Waals surface area contributed by atoms with Crippen molar-refractivity contribution < 1.29 is 0 Å². The Kier molecular flexibility index (Phi) is 2.53. The summed E-state index contributed by atoms with van der Waals surface area (Å²) in [5, 5.41) is 0. The van der Waals surface area contributed by atoms with Crippen LogP contribution in [0.15, 0.2) is 22.7 Å². The van der Waals surface area contributed by atoms with Crippen LogP contribution in [0.3, 0.4) is 0 Å². The average molecular weight is 314 g/mol. The summed E-state index contributed by atoms with van der Waals surface area (Å²) in [6, 6.07) is 6.74. The minimum absolute atomic E-state index is 0.372. The summed E-state index contributed by atoms with van der Waals surface area (Å²) in [5.74, 6) is 1.45. The monoisotopic (exact) mass is 312 g/mol. The Morgan fingerprint density at radius 2 is 2.24 bits per heavy atom. The van der Waals surface area contributed by atoms with E-state index in [1.54, 1.807) is 0 Å². The zero-order valence-electron chi connectivity index (χ0n) is 9.87. The lowest BCUT2D eigenvalue weighted by molar-refractivity contribution is 0.540. The second kappa shape index (κ2) is 3.72. The molecular weight excluding hydrogens is 300 g/mol. The van der Waals surface area contributed by atoms with Crippen molar-refractivity contribution >= 4 is 38.6 Å². The predicted octanol–water partition coefficient (Wildman–Crippen LogP) is 4.51. The zero-order chi connectivity index (χ0) is 12.2. The van der Waals surface area contributed by atoms with E-state index < -0.39 is 0 Å². The van der Waals surface area contributed by atoms with E-state index in [1.165, 1.54) is 11.9 Å². The molecule has 2 aromatic rings. The van der Waals surface area contributed by atoms with E-state index in [1.807, 2.05) is 12.1 Å². The fourth-order valence-corrected chi connectivity index (χ4v) is 2.98. The lowest BCUT2D eigenvalue weighted by Crippen LogP contribution is -2.04. The van der Waals surface area contributed by atoms with Gasteiger partial charge >= 0.3 is 0 Å². The molecule has 0 saturated heterocycles. The second-order valence-electron chi connectivity index (χ2n) is 5.37. The first-order valence-electron chi connectivity index (χ1n) is 5.75. The molecular formula is C13H14BrClN2. The van der Waals surface area contributed by atoms with Crippen molar-refractivity contribution in [1.29, 1.82) is 0 Å². The molecule has 17 heavy (non-hydrogen) atoms. The maximum Gasteiger partial charge on any atom is 0.125 e. The molecule has 3 rings (SSSR count). The molecule has 0 N–H and O–H groups in total. The van der Waals surface area contributed by atoms with Crippen molar-refractivity contribution in [2.75, 3.05) is 0 Å². The molecule has 1 atom stereocenters. The molecule has 1 saturated carbocycles. The maximum atomic E-state index is 6.01. The summed E-state index contributed by atoms with van der Waals surface area (Å²) >= 11 is 9.53. The summed E-state index contributed by atoms with van der Waals surface area (Å²) in [7, 11) is 0. The smallest absolute Gasteiger partial charge is 0.125 e. The fraction of sp³-hybridized carbons (Fsp3) is 0.462. The standard InChI is InChI=1S/C13H14BrClN2/c1-13(2)6-11(13)17-10-5-8(14)3-4-9(10)16-12(17)7-15/h3-5,11H,6-7H2,1-2H3. The number of hydrogen-bond acceptors (Lipinski definition) is 1. The van der Waals surface area contributed by atoms with Gasteiger partial charge < -0.3 is 4.57 Å². The molecule has 0 radical (unpaired) electrons. The van der Waals surface area contributed by atoms with Crippen molar-refractivity contribution in [3.05, 3.63) is 28.5 Å². The van der Waals surface area contributed by atoms with E-state index in [0.717, 1.165) is 15.8 Å². The van der Waals surface area contributed by atoms with Gasteiger partial charge in [0.25, 0.3) is 0 Å². The third kappa shape index (κ3) is 1.80. The van der Waals surface area contributed by atoms with E-state index in [2.05, 4.69) is 45.4 Å². The highest BCUT2D eigenvalue weighted by Gasteiger charge is 2.48.